The van der Waals surface area contributed by atoms with Crippen LogP contribution in [0.3, 0.4) is 0 Å². The van der Waals surface area contributed by atoms with Crippen LogP contribution in [0.2, 0.25) is 0 Å². The number of benzene rings is 2. The molecule has 0 unspecified atom stereocenters. The smallest absolute Gasteiger partial charge is 0.318 e. The normalized spacial score (nSPS) is 21.2. The number of urea groups is 1. The van der Waals surface area contributed by atoms with Crippen LogP contribution in [0, 0.1) is 17.7 Å². The first kappa shape index (κ1) is 24.1. The van der Waals surface area contributed by atoms with Crippen molar-refractivity contribution >= 4 is 12.0 Å². The Kier molecular flexibility index (Phi) is 7.07. The highest BCUT2D eigenvalue weighted by atomic mass is 19.1. The van der Waals surface area contributed by atoms with E-state index in [0.717, 1.165) is 48.2 Å². The van der Waals surface area contributed by atoms with Crippen LogP contribution < -0.4 is 5.32 Å². The van der Waals surface area contributed by atoms with Gasteiger partial charge in [0, 0.05) is 18.4 Å². The van der Waals surface area contributed by atoms with Crippen LogP contribution in [0.4, 0.5) is 9.18 Å². The molecule has 1 N–H and O–H groups in total. The molecule has 2 amide bonds. The number of esters is 1. The highest BCUT2D eigenvalue weighted by Crippen LogP contribution is 2.37. The molecule has 7 heteroatoms. The number of para-hydroxylation sites is 1. The fourth-order valence-corrected chi connectivity index (χ4v) is 5.53. The minimum absolute atomic E-state index is 0.0327. The summed E-state index contributed by atoms with van der Waals surface area (Å²) in [6.07, 6.45) is 5.37. The maximum Gasteiger partial charge on any atom is 0.318 e. The zero-order valence-electron chi connectivity index (χ0n) is 20.5. The fraction of sp³-hybridized carbons (Fsp3) is 0.379. The Morgan fingerprint density at radius 3 is 2.50 bits per heavy atom. The summed E-state index contributed by atoms with van der Waals surface area (Å²) in [6, 6.07) is 18.0. The number of aromatic nitrogens is 1. The van der Waals surface area contributed by atoms with Crippen LogP contribution in [0.15, 0.2) is 66.9 Å². The van der Waals surface area contributed by atoms with E-state index in [1.54, 1.807) is 12.1 Å². The minimum atomic E-state index is -0.368. The van der Waals surface area contributed by atoms with Crippen LogP contribution in [-0.4, -0.2) is 34.6 Å². The summed E-state index contributed by atoms with van der Waals surface area (Å²) in [5.41, 5.74) is 3.90. The Hall–Kier alpha value is -3.61. The lowest BCUT2D eigenvalue weighted by Crippen LogP contribution is -2.44. The molecule has 0 bridgehead atoms. The van der Waals surface area contributed by atoms with E-state index in [4.69, 9.17) is 4.74 Å². The summed E-state index contributed by atoms with van der Waals surface area (Å²) in [4.78, 5) is 27.6. The van der Waals surface area contributed by atoms with Gasteiger partial charge in [0.15, 0.2) is 0 Å². The summed E-state index contributed by atoms with van der Waals surface area (Å²) in [5.74, 6) is -0.115. The van der Waals surface area contributed by atoms with Gasteiger partial charge in [0.25, 0.3) is 0 Å². The van der Waals surface area contributed by atoms with Gasteiger partial charge >= 0.3 is 12.0 Å². The molecule has 1 aliphatic carbocycles. The van der Waals surface area contributed by atoms with Crippen LogP contribution in [-0.2, 0) is 16.1 Å². The Morgan fingerprint density at radius 2 is 1.75 bits per heavy atom. The molecule has 1 aliphatic heterocycles. The molecule has 1 atom stereocenters. The zero-order valence-corrected chi connectivity index (χ0v) is 20.5. The number of carbonyl (C=O) groups is 2. The Bertz CT molecular complexity index is 1210. The van der Waals surface area contributed by atoms with E-state index < -0.39 is 0 Å². The van der Waals surface area contributed by atoms with Crippen molar-refractivity contribution in [2.45, 2.75) is 45.2 Å². The number of halogens is 1. The molecule has 3 aromatic rings. The lowest BCUT2D eigenvalue weighted by atomic mass is 9.82. The molecule has 0 saturated heterocycles. The number of hydrogen-bond donors (Lipinski definition) is 1. The van der Waals surface area contributed by atoms with Gasteiger partial charge in [-0.2, -0.15) is 0 Å². The van der Waals surface area contributed by atoms with Crippen molar-refractivity contribution in [3.05, 3.63) is 89.5 Å². The molecule has 2 heterocycles. The van der Waals surface area contributed by atoms with Gasteiger partial charge < -0.3 is 19.5 Å². The van der Waals surface area contributed by atoms with Crippen LogP contribution in [0.25, 0.3) is 5.69 Å². The molecule has 6 nitrogen and oxygen atoms in total. The summed E-state index contributed by atoms with van der Waals surface area (Å²) in [5, 5.41) is 3.17. The standard InChI is InChI=1S/C29H32FN3O3/c1-2-36-28(34)22-11-9-20(10-12-22)18-31-29(35)33-19-23-6-3-4-7-25(23)32-17-5-8-26(32)27(33)21-13-15-24(30)16-14-21/h3-8,13-17,20,22,27H,2,9-12,18-19H2,1H3,(H,31,35)/t20?,22?,27-/m1/s1. The molecule has 1 aromatic heterocycles. The molecular formula is C29H32FN3O3. The van der Waals surface area contributed by atoms with Crippen molar-refractivity contribution in [2.24, 2.45) is 11.8 Å². The second-order valence-electron chi connectivity index (χ2n) is 9.67. The third kappa shape index (κ3) is 4.87. The third-order valence-electron chi connectivity index (χ3n) is 7.42. The average molecular weight is 490 g/mol. The van der Waals surface area contributed by atoms with E-state index in [0.29, 0.717) is 25.6 Å². The molecule has 1 fully saturated rings. The number of fused-ring (bicyclic) bond motifs is 3. The monoisotopic (exact) mass is 489 g/mol. The first-order valence-electron chi connectivity index (χ1n) is 12.8. The highest BCUT2D eigenvalue weighted by molar-refractivity contribution is 5.76. The third-order valence-corrected chi connectivity index (χ3v) is 7.42. The van der Waals surface area contributed by atoms with Gasteiger partial charge in [-0.1, -0.05) is 30.3 Å². The van der Waals surface area contributed by atoms with E-state index in [2.05, 4.69) is 16.0 Å². The molecule has 36 heavy (non-hydrogen) atoms. The topological polar surface area (TPSA) is 63.6 Å². The molecule has 0 spiro atoms. The predicted molar refractivity (Wildman–Crippen MR) is 135 cm³/mol. The quantitative estimate of drug-likeness (QED) is 0.475. The van der Waals surface area contributed by atoms with E-state index in [1.807, 2.05) is 48.4 Å². The summed E-state index contributed by atoms with van der Waals surface area (Å²) in [6.45, 7) is 3.23. The van der Waals surface area contributed by atoms with Crippen molar-refractivity contribution in [3.63, 3.8) is 0 Å². The summed E-state index contributed by atoms with van der Waals surface area (Å²) < 4.78 is 21.1. The number of amides is 2. The number of carbonyl (C=O) groups excluding carboxylic acids is 2. The van der Waals surface area contributed by atoms with Crippen molar-refractivity contribution in [3.8, 4) is 5.69 Å². The van der Waals surface area contributed by atoms with E-state index in [-0.39, 0.29) is 29.8 Å². The van der Waals surface area contributed by atoms with Crippen molar-refractivity contribution in [1.82, 2.24) is 14.8 Å². The average Bonchev–Trinajstić information content (AvgIpc) is 3.33. The van der Waals surface area contributed by atoms with E-state index in [9.17, 15) is 14.0 Å². The van der Waals surface area contributed by atoms with Crippen LogP contribution in [0.5, 0.6) is 0 Å². The van der Waals surface area contributed by atoms with Gasteiger partial charge in [-0.25, -0.2) is 9.18 Å². The molecule has 1 saturated carbocycles. The number of rotatable bonds is 5. The Morgan fingerprint density at radius 1 is 1.00 bits per heavy atom. The van der Waals surface area contributed by atoms with Crippen molar-refractivity contribution in [2.75, 3.05) is 13.2 Å². The second-order valence-corrected chi connectivity index (χ2v) is 9.67. The number of ether oxygens (including phenoxy) is 1. The minimum Gasteiger partial charge on any atom is -0.466 e. The molecule has 2 aliphatic rings. The van der Waals surface area contributed by atoms with Gasteiger partial charge in [-0.3, -0.25) is 4.79 Å². The first-order chi connectivity index (χ1) is 17.5. The maximum absolute atomic E-state index is 13.8. The van der Waals surface area contributed by atoms with Gasteiger partial charge in [0.05, 0.1) is 30.8 Å². The summed E-state index contributed by atoms with van der Waals surface area (Å²) >= 11 is 0. The second kappa shape index (κ2) is 10.6. The van der Waals surface area contributed by atoms with Gasteiger partial charge in [0.2, 0.25) is 0 Å². The molecule has 188 valence electrons. The zero-order chi connectivity index (χ0) is 25.1. The van der Waals surface area contributed by atoms with Crippen LogP contribution >= 0.6 is 0 Å². The van der Waals surface area contributed by atoms with E-state index >= 15 is 0 Å². The van der Waals surface area contributed by atoms with Gasteiger partial charge in [-0.05, 0) is 80.0 Å². The lowest BCUT2D eigenvalue weighted by molar-refractivity contribution is -0.149. The highest BCUT2D eigenvalue weighted by Gasteiger charge is 2.34. The van der Waals surface area contributed by atoms with Crippen molar-refractivity contribution < 1.29 is 18.7 Å². The van der Waals surface area contributed by atoms with Crippen LogP contribution in [0.1, 0.15) is 55.5 Å². The molecule has 2 aromatic carbocycles. The maximum atomic E-state index is 13.8. The van der Waals surface area contributed by atoms with Crippen molar-refractivity contribution in [1.29, 1.82) is 0 Å². The van der Waals surface area contributed by atoms with E-state index in [1.165, 1.54) is 12.1 Å². The predicted octanol–water partition coefficient (Wildman–Crippen LogP) is 5.60. The molecule has 0 radical (unpaired) electrons. The molecular weight excluding hydrogens is 457 g/mol. The first-order valence-corrected chi connectivity index (χ1v) is 12.8. The number of nitrogens with one attached hydrogen (secondary N) is 1. The summed E-state index contributed by atoms with van der Waals surface area (Å²) in [7, 11) is 0. The SMILES string of the molecule is CCOC(=O)C1CCC(CNC(=O)N2Cc3ccccc3-n3cccc3[C@H]2c2ccc(F)cc2)CC1. The fourth-order valence-electron chi connectivity index (χ4n) is 5.53. The van der Waals surface area contributed by atoms with Gasteiger partial charge in [0.1, 0.15) is 5.82 Å². The Balaban J connectivity index is 1.36. The van der Waals surface area contributed by atoms with Gasteiger partial charge in [-0.15, -0.1) is 0 Å². The Labute approximate surface area is 211 Å². The largest absolute Gasteiger partial charge is 0.466 e. The number of nitrogens with zero attached hydrogens (tertiary/aromatic N) is 2. The number of hydrogen-bond acceptors (Lipinski definition) is 3. The lowest BCUT2D eigenvalue weighted by Gasteiger charge is -2.32. The molecule has 5 rings (SSSR count).